The highest BCUT2D eigenvalue weighted by molar-refractivity contribution is 7.98. The van der Waals surface area contributed by atoms with Gasteiger partial charge in [-0.05, 0) is 55.8 Å². The van der Waals surface area contributed by atoms with E-state index >= 15 is 0 Å². The molecule has 152 valence electrons. The summed E-state index contributed by atoms with van der Waals surface area (Å²) in [5, 5.41) is 10.9. The van der Waals surface area contributed by atoms with Gasteiger partial charge in [-0.3, -0.25) is 4.79 Å². The average Bonchev–Trinajstić information content (AvgIpc) is 3.44. The molecule has 8 nitrogen and oxygen atoms in total. The largest absolute Gasteiger partial charge is 0.346 e. The molecule has 0 aliphatic carbocycles. The number of carbonyl (C=O) groups is 1. The predicted molar refractivity (Wildman–Crippen MR) is 112 cm³/mol. The van der Waals surface area contributed by atoms with Crippen molar-refractivity contribution in [2.45, 2.75) is 30.5 Å². The summed E-state index contributed by atoms with van der Waals surface area (Å²) in [4.78, 5) is 21.8. The Labute approximate surface area is 177 Å². The number of aryl methyl sites for hydroxylation is 1. The summed E-state index contributed by atoms with van der Waals surface area (Å²) >= 11 is 1.58. The van der Waals surface area contributed by atoms with E-state index in [1.54, 1.807) is 29.7 Å². The van der Waals surface area contributed by atoms with Crippen LogP contribution in [0.15, 0.2) is 70.6 Å². The first-order chi connectivity index (χ1) is 14.6. The van der Waals surface area contributed by atoms with Gasteiger partial charge in [0.1, 0.15) is 12.7 Å². The Kier molecular flexibility index (Phi) is 5.89. The molecule has 30 heavy (non-hydrogen) atoms. The van der Waals surface area contributed by atoms with Gasteiger partial charge in [0.25, 0.3) is 5.91 Å². The summed E-state index contributed by atoms with van der Waals surface area (Å²) in [6.07, 6.45) is 3.14. The molecule has 1 amide bonds. The highest BCUT2D eigenvalue weighted by atomic mass is 32.2. The molecule has 0 radical (unpaired) electrons. The van der Waals surface area contributed by atoms with Crippen LogP contribution in [0.25, 0.3) is 5.69 Å². The van der Waals surface area contributed by atoms with Gasteiger partial charge in [0, 0.05) is 10.5 Å². The summed E-state index contributed by atoms with van der Waals surface area (Å²) < 4.78 is 6.79. The SMILES string of the molecule is Cc1noc(CSc2ccc(C(=O)N[C@H](C)c3ccc(-n4cncn4)cc3)cc2)n1. The fourth-order valence-corrected chi connectivity index (χ4v) is 3.60. The lowest BCUT2D eigenvalue weighted by molar-refractivity contribution is 0.0940. The van der Waals surface area contributed by atoms with Gasteiger partial charge in [0.05, 0.1) is 17.5 Å². The average molecular weight is 420 g/mol. The smallest absolute Gasteiger partial charge is 0.251 e. The molecular weight excluding hydrogens is 400 g/mol. The van der Waals surface area contributed by atoms with Crippen LogP contribution in [0.1, 0.15) is 40.6 Å². The van der Waals surface area contributed by atoms with Crippen LogP contribution in [0.4, 0.5) is 0 Å². The number of carbonyl (C=O) groups excluding carboxylic acids is 1. The second kappa shape index (κ2) is 8.91. The first-order valence-corrected chi connectivity index (χ1v) is 10.3. The third-order valence-electron chi connectivity index (χ3n) is 4.47. The van der Waals surface area contributed by atoms with Crippen LogP contribution < -0.4 is 5.32 Å². The van der Waals surface area contributed by atoms with Gasteiger partial charge >= 0.3 is 0 Å². The highest BCUT2D eigenvalue weighted by Gasteiger charge is 2.12. The lowest BCUT2D eigenvalue weighted by atomic mass is 10.1. The summed E-state index contributed by atoms with van der Waals surface area (Å²) in [6.45, 7) is 3.75. The van der Waals surface area contributed by atoms with Crippen molar-refractivity contribution in [1.29, 1.82) is 0 Å². The van der Waals surface area contributed by atoms with Crippen molar-refractivity contribution in [3.8, 4) is 5.69 Å². The minimum atomic E-state index is -0.128. The lowest BCUT2D eigenvalue weighted by Crippen LogP contribution is -2.26. The van der Waals surface area contributed by atoms with Crippen molar-refractivity contribution in [2.75, 3.05) is 0 Å². The normalized spacial score (nSPS) is 11.9. The predicted octanol–water partition coefficient (Wildman–Crippen LogP) is 3.74. The van der Waals surface area contributed by atoms with Crippen LogP contribution in [-0.2, 0) is 5.75 Å². The zero-order valence-electron chi connectivity index (χ0n) is 16.5. The van der Waals surface area contributed by atoms with Gasteiger partial charge in [-0.15, -0.1) is 11.8 Å². The van der Waals surface area contributed by atoms with Crippen molar-refractivity contribution in [1.82, 2.24) is 30.2 Å². The first-order valence-electron chi connectivity index (χ1n) is 9.36. The third kappa shape index (κ3) is 4.74. The Morgan fingerprint density at radius 3 is 2.57 bits per heavy atom. The quantitative estimate of drug-likeness (QED) is 0.455. The van der Waals surface area contributed by atoms with Crippen LogP contribution in [0.2, 0.25) is 0 Å². The lowest BCUT2D eigenvalue weighted by Gasteiger charge is -2.15. The number of amides is 1. The summed E-state index contributed by atoms with van der Waals surface area (Å²) in [6, 6.07) is 15.2. The summed E-state index contributed by atoms with van der Waals surface area (Å²) in [5.74, 6) is 1.68. The Hall–Kier alpha value is -3.46. The molecule has 0 spiro atoms. The number of thioether (sulfide) groups is 1. The second-order valence-corrected chi connectivity index (χ2v) is 7.72. The van der Waals surface area contributed by atoms with Crippen molar-refractivity contribution in [3.63, 3.8) is 0 Å². The molecule has 1 N–H and O–H groups in total. The molecular formula is C21H20N6O2S. The number of hydrogen-bond donors (Lipinski definition) is 1. The van der Waals surface area contributed by atoms with Crippen molar-refractivity contribution in [3.05, 3.63) is 84.0 Å². The number of benzene rings is 2. The molecule has 2 aromatic carbocycles. The Balaban J connectivity index is 1.33. The molecule has 0 saturated heterocycles. The fraction of sp³-hybridized carbons (Fsp3) is 0.190. The van der Waals surface area contributed by atoms with Crippen molar-refractivity contribution < 1.29 is 9.32 Å². The van der Waals surface area contributed by atoms with E-state index in [0.29, 0.717) is 23.0 Å². The molecule has 4 aromatic rings. The van der Waals surface area contributed by atoms with Crippen LogP contribution >= 0.6 is 11.8 Å². The van der Waals surface area contributed by atoms with Gasteiger partial charge in [-0.1, -0.05) is 17.3 Å². The summed E-state index contributed by atoms with van der Waals surface area (Å²) in [7, 11) is 0. The zero-order chi connectivity index (χ0) is 20.9. The Morgan fingerprint density at radius 2 is 1.93 bits per heavy atom. The molecule has 9 heteroatoms. The van der Waals surface area contributed by atoms with Crippen LogP contribution in [0.5, 0.6) is 0 Å². The molecule has 0 aliphatic heterocycles. The third-order valence-corrected chi connectivity index (χ3v) is 5.47. The number of rotatable bonds is 7. The maximum Gasteiger partial charge on any atom is 0.251 e. The van der Waals surface area contributed by atoms with E-state index in [-0.39, 0.29) is 11.9 Å². The van der Waals surface area contributed by atoms with Crippen LogP contribution in [0.3, 0.4) is 0 Å². The Morgan fingerprint density at radius 1 is 1.17 bits per heavy atom. The topological polar surface area (TPSA) is 98.7 Å². The van der Waals surface area contributed by atoms with Crippen molar-refractivity contribution in [2.24, 2.45) is 0 Å². The van der Waals surface area contributed by atoms with Gasteiger partial charge in [0.2, 0.25) is 5.89 Å². The molecule has 2 aromatic heterocycles. The number of aromatic nitrogens is 5. The highest BCUT2D eigenvalue weighted by Crippen LogP contribution is 2.23. The van der Waals surface area contributed by atoms with Gasteiger partial charge in [-0.25, -0.2) is 9.67 Å². The van der Waals surface area contributed by atoms with E-state index in [1.807, 2.05) is 55.5 Å². The van der Waals surface area contributed by atoms with E-state index in [0.717, 1.165) is 16.1 Å². The molecule has 0 fully saturated rings. The molecule has 0 saturated carbocycles. The number of hydrogen-bond acceptors (Lipinski definition) is 7. The fourth-order valence-electron chi connectivity index (χ4n) is 2.87. The van der Waals surface area contributed by atoms with E-state index in [9.17, 15) is 4.79 Å². The van der Waals surface area contributed by atoms with Gasteiger partial charge in [0.15, 0.2) is 5.82 Å². The van der Waals surface area contributed by atoms with E-state index < -0.39 is 0 Å². The monoisotopic (exact) mass is 420 g/mol. The molecule has 2 heterocycles. The van der Waals surface area contributed by atoms with E-state index in [1.165, 1.54) is 6.33 Å². The summed E-state index contributed by atoms with van der Waals surface area (Å²) in [5.41, 5.74) is 2.53. The molecule has 0 unspecified atom stereocenters. The van der Waals surface area contributed by atoms with Crippen molar-refractivity contribution >= 4 is 17.7 Å². The van der Waals surface area contributed by atoms with Gasteiger partial charge < -0.3 is 9.84 Å². The second-order valence-electron chi connectivity index (χ2n) is 6.68. The van der Waals surface area contributed by atoms with E-state index in [4.69, 9.17) is 4.52 Å². The maximum absolute atomic E-state index is 12.6. The number of nitrogens with one attached hydrogen (secondary N) is 1. The number of nitrogens with zero attached hydrogens (tertiary/aromatic N) is 5. The zero-order valence-corrected chi connectivity index (χ0v) is 17.3. The standard InChI is InChI=1S/C21H20N6O2S/c1-14(16-3-7-18(8-4-16)27-13-22-12-23-27)24-21(28)17-5-9-19(10-6-17)30-11-20-25-15(2)26-29-20/h3-10,12-14H,11H2,1-2H3,(H,24,28)/t14-/m1/s1. The molecule has 0 bridgehead atoms. The van der Waals surface area contributed by atoms with Crippen LogP contribution in [-0.4, -0.2) is 30.8 Å². The molecule has 0 aliphatic rings. The molecule has 4 rings (SSSR count). The maximum atomic E-state index is 12.6. The minimum Gasteiger partial charge on any atom is -0.346 e. The minimum absolute atomic E-state index is 0.119. The van der Waals surface area contributed by atoms with Gasteiger partial charge in [-0.2, -0.15) is 10.1 Å². The Bertz CT molecular complexity index is 1110. The van der Waals surface area contributed by atoms with Crippen LogP contribution in [0, 0.1) is 6.92 Å². The van der Waals surface area contributed by atoms with E-state index in [2.05, 4.69) is 25.5 Å². The first kappa shape index (κ1) is 19.8. The molecule has 1 atom stereocenters.